The first kappa shape index (κ1) is 22.7. The monoisotopic (exact) mass is 483 g/mol. The first-order valence-corrected chi connectivity index (χ1v) is 12.0. The molecule has 4 rings (SSSR count). The molecule has 0 aliphatic carbocycles. The fourth-order valence-corrected chi connectivity index (χ4v) is 4.67. The Morgan fingerprint density at radius 2 is 1.69 bits per heavy atom. The molecule has 0 aliphatic rings. The van der Waals surface area contributed by atoms with E-state index in [2.05, 4.69) is 46.8 Å². The van der Waals surface area contributed by atoms with E-state index >= 15 is 0 Å². The van der Waals surface area contributed by atoms with Crippen LogP contribution in [0.5, 0.6) is 5.75 Å². The van der Waals surface area contributed by atoms with Crippen LogP contribution >= 0.6 is 35.0 Å². The highest BCUT2D eigenvalue weighted by atomic mass is 35.5. The summed E-state index contributed by atoms with van der Waals surface area (Å²) in [5.74, 6) is 2.64. The molecule has 164 valence electrons. The maximum absolute atomic E-state index is 6.20. The van der Waals surface area contributed by atoms with E-state index in [4.69, 9.17) is 27.9 Å². The highest BCUT2D eigenvalue weighted by Crippen LogP contribution is 2.34. The first-order valence-electron chi connectivity index (χ1n) is 10.2. The summed E-state index contributed by atoms with van der Waals surface area (Å²) >= 11 is 13.9. The van der Waals surface area contributed by atoms with Gasteiger partial charge in [0.05, 0.1) is 22.8 Å². The number of nitrogens with zero attached hydrogens (tertiary/aromatic N) is 3. The lowest BCUT2D eigenvalue weighted by atomic mass is 10.0. The lowest BCUT2D eigenvalue weighted by Crippen LogP contribution is -2.05. The molecule has 0 bridgehead atoms. The molecule has 1 aromatic heterocycles. The Bertz CT molecular complexity index is 1220. The molecular weight excluding hydrogens is 461 g/mol. The van der Waals surface area contributed by atoms with Gasteiger partial charge in [-0.25, -0.2) is 0 Å². The molecule has 0 N–H and O–H groups in total. The third-order valence-corrected chi connectivity index (χ3v) is 6.87. The van der Waals surface area contributed by atoms with E-state index in [1.165, 1.54) is 5.56 Å². The van der Waals surface area contributed by atoms with Gasteiger partial charge in [-0.2, -0.15) is 0 Å². The molecule has 0 amide bonds. The van der Waals surface area contributed by atoms with Gasteiger partial charge in [0.2, 0.25) is 0 Å². The molecule has 3 aromatic carbocycles. The molecule has 4 aromatic rings. The number of methoxy groups -OCH3 is 1. The number of hydrogen-bond donors (Lipinski definition) is 0. The maximum Gasteiger partial charge on any atom is 0.196 e. The zero-order valence-electron chi connectivity index (χ0n) is 18.0. The number of hydrogen-bond acceptors (Lipinski definition) is 4. The van der Waals surface area contributed by atoms with Gasteiger partial charge in [-0.1, -0.05) is 73.1 Å². The quantitative estimate of drug-likeness (QED) is 0.253. The SMILES string of the molecule is COc1ccc(-c2nnc(SCc3ccc(Cl)c(Cl)c3)n2-c2ccccc2C(C)C)cc1. The molecule has 0 aliphatic heterocycles. The average Bonchev–Trinajstić information content (AvgIpc) is 3.23. The molecular formula is C25H23Cl2N3OS. The topological polar surface area (TPSA) is 39.9 Å². The number of para-hydroxylation sites is 1. The number of ether oxygens (including phenoxy) is 1. The summed E-state index contributed by atoms with van der Waals surface area (Å²) in [5.41, 5.74) is 4.36. The van der Waals surface area contributed by atoms with Crippen LogP contribution in [0.25, 0.3) is 17.1 Å². The van der Waals surface area contributed by atoms with Gasteiger partial charge in [0.25, 0.3) is 0 Å². The zero-order chi connectivity index (χ0) is 22.7. The summed E-state index contributed by atoms with van der Waals surface area (Å²) in [4.78, 5) is 0. The second-order valence-corrected chi connectivity index (χ2v) is 9.38. The largest absolute Gasteiger partial charge is 0.497 e. The first-order chi connectivity index (χ1) is 15.5. The van der Waals surface area contributed by atoms with Crippen LogP contribution in [0.4, 0.5) is 0 Å². The van der Waals surface area contributed by atoms with Gasteiger partial charge in [0, 0.05) is 11.3 Å². The fraction of sp³-hybridized carbons (Fsp3) is 0.200. The molecule has 0 spiro atoms. The molecule has 7 heteroatoms. The van der Waals surface area contributed by atoms with Crippen LogP contribution < -0.4 is 4.74 Å². The summed E-state index contributed by atoms with van der Waals surface area (Å²) < 4.78 is 7.45. The van der Waals surface area contributed by atoms with Gasteiger partial charge in [-0.15, -0.1) is 10.2 Å². The minimum atomic E-state index is 0.352. The van der Waals surface area contributed by atoms with Crippen LogP contribution in [-0.4, -0.2) is 21.9 Å². The van der Waals surface area contributed by atoms with Gasteiger partial charge < -0.3 is 4.74 Å². The zero-order valence-corrected chi connectivity index (χ0v) is 20.4. The minimum Gasteiger partial charge on any atom is -0.497 e. The van der Waals surface area contributed by atoms with Crippen molar-refractivity contribution in [3.8, 4) is 22.8 Å². The van der Waals surface area contributed by atoms with Crippen LogP contribution in [0.15, 0.2) is 71.9 Å². The van der Waals surface area contributed by atoms with Crippen LogP contribution in [0.3, 0.4) is 0 Å². The Labute approximate surface area is 202 Å². The maximum atomic E-state index is 6.20. The van der Waals surface area contributed by atoms with Crippen LogP contribution in [0.1, 0.15) is 30.9 Å². The van der Waals surface area contributed by atoms with Crippen molar-refractivity contribution in [2.45, 2.75) is 30.7 Å². The van der Waals surface area contributed by atoms with Gasteiger partial charge in [-0.05, 0) is 59.5 Å². The van der Waals surface area contributed by atoms with E-state index in [1.807, 2.05) is 48.5 Å². The van der Waals surface area contributed by atoms with Gasteiger partial charge >= 0.3 is 0 Å². The van der Waals surface area contributed by atoms with Crippen molar-refractivity contribution in [2.24, 2.45) is 0 Å². The molecule has 4 nitrogen and oxygen atoms in total. The van der Waals surface area contributed by atoms with Crippen molar-refractivity contribution in [1.29, 1.82) is 0 Å². The highest BCUT2D eigenvalue weighted by molar-refractivity contribution is 7.98. The van der Waals surface area contributed by atoms with E-state index in [0.717, 1.165) is 33.5 Å². The van der Waals surface area contributed by atoms with Crippen molar-refractivity contribution in [2.75, 3.05) is 7.11 Å². The number of aromatic nitrogens is 3. The van der Waals surface area contributed by atoms with Gasteiger partial charge in [0.15, 0.2) is 11.0 Å². The predicted octanol–water partition coefficient (Wildman–Crippen LogP) is 7.67. The summed E-state index contributed by atoms with van der Waals surface area (Å²) in [6.45, 7) is 4.39. The summed E-state index contributed by atoms with van der Waals surface area (Å²) in [6.07, 6.45) is 0. The number of thioether (sulfide) groups is 1. The minimum absolute atomic E-state index is 0.352. The van der Waals surface area contributed by atoms with Crippen LogP contribution in [0.2, 0.25) is 10.0 Å². The second kappa shape index (κ2) is 9.99. The van der Waals surface area contributed by atoms with E-state index in [9.17, 15) is 0 Å². The smallest absolute Gasteiger partial charge is 0.196 e. The van der Waals surface area contributed by atoms with Crippen molar-refractivity contribution in [1.82, 2.24) is 14.8 Å². The molecule has 0 saturated heterocycles. The van der Waals surface area contributed by atoms with Gasteiger partial charge in [-0.3, -0.25) is 4.57 Å². The third-order valence-electron chi connectivity index (χ3n) is 5.13. The normalized spacial score (nSPS) is 11.2. The highest BCUT2D eigenvalue weighted by Gasteiger charge is 2.19. The van der Waals surface area contributed by atoms with Crippen LogP contribution in [0, 0.1) is 0 Å². The van der Waals surface area contributed by atoms with Crippen LogP contribution in [-0.2, 0) is 5.75 Å². The molecule has 32 heavy (non-hydrogen) atoms. The molecule has 0 atom stereocenters. The number of halogens is 2. The van der Waals surface area contributed by atoms with Crippen molar-refractivity contribution in [3.05, 3.63) is 87.9 Å². The van der Waals surface area contributed by atoms with Crippen molar-refractivity contribution >= 4 is 35.0 Å². The Morgan fingerprint density at radius 1 is 0.938 bits per heavy atom. The van der Waals surface area contributed by atoms with Crippen molar-refractivity contribution < 1.29 is 4.74 Å². The molecule has 0 unspecified atom stereocenters. The summed E-state index contributed by atoms with van der Waals surface area (Å²) in [5, 5.41) is 11.0. The Balaban J connectivity index is 1.78. The van der Waals surface area contributed by atoms with Crippen molar-refractivity contribution in [3.63, 3.8) is 0 Å². The predicted molar refractivity (Wildman–Crippen MR) is 133 cm³/mol. The van der Waals surface area contributed by atoms with E-state index in [0.29, 0.717) is 21.7 Å². The van der Waals surface area contributed by atoms with E-state index in [1.54, 1.807) is 18.9 Å². The number of rotatable bonds is 7. The lowest BCUT2D eigenvalue weighted by Gasteiger charge is -2.17. The molecule has 0 saturated carbocycles. The summed E-state index contributed by atoms with van der Waals surface area (Å²) in [7, 11) is 1.66. The van der Waals surface area contributed by atoms with Gasteiger partial charge in [0.1, 0.15) is 5.75 Å². The summed E-state index contributed by atoms with van der Waals surface area (Å²) in [6, 6.07) is 22.0. The fourth-order valence-electron chi connectivity index (χ4n) is 3.46. The number of benzene rings is 3. The molecule has 0 radical (unpaired) electrons. The molecule has 0 fully saturated rings. The lowest BCUT2D eigenvalue weighted by molar-refractivity contribution is 0.415. The van der Waals surface area contributed by atoms with E-state index < -0.39 is 0 Å². The standard InChI is InChI=1S/C25H23Cl2N3OS/c1-16(2)20-6-4-5-7-23(20)30-24(18-9-11-19(31-3)12-10-18)28-29-25(30)32-15-17-8-13-21(26)22(27)14-17/h4-14,16H,15H2,1-3H3. The van der Waals surface area contributed by atoms with E-state index in [-0.39, 0.29) is 0 Å². The average molecular weight is 484 g/mol. The third kappa shape index (κ3) is 4.80. The Hall–Kier alpha value is -2.47. The Morgan fingerprint density at radius 3 is 2.38 bits per heavy atom. The second-order valence-electron chi connectivity index (χ2n) is 7.62. The molecule has 1 heterocycles. The Kier molecular flexibility index (Phi) is 7.09.